The van der Waals surface area contributed by atoms with Gasteiger partial charge in [0, 0.05) is 0 Å². The van der Waals surface area contributed by atoms with Gasteiger partial charge in [0.2, 0.25) is 0 Å². The van der Waals surface area contributed by atoms with E-state index in [1.165, 1.54) is 22.3 Å². The van der Waals surface area contributed by atoms with Crippen LogP contribution in [0.1, 0.15) is 36.1 Å². The molecule has 0 nitrogen and oxygen atoms in total. The molecule has 138 valence electrons. The Labute approximate surface area is 186 Å². The first-order chi connectivity index (χ1) is 9.90. The van der Waals surface area contributed by atoms with Crippen molar-refractivity contribution in [2.24, 2.45) is 0 Å². The van der Waals surface area contributed by atoms with E-state index in [9.17, 15) is 0 Å². The minimum Gasteiger partial charge on any atom is -1.00 e. The molecule has 1 atom stereocenters. The van der Waals surface area contributed by atoms with Crippen molar-refractivity contribution in [2.75, 3.05) is 0 Å². The van der Waals surface area contributed by atoms with E-state index in [1.54, 1.807) is 5.20 Å². The van der Waals surface area contributed by atoms with Crippen LogP contribution in [-0.4, -0.2) is 8.07 Å². The van der Waals surface area contributed by atoms with Gasteiger partial charge in [0.25, 0.3) is 0 Å². The summed E-state index contributed by atoms with van der Waals surface area (Å²) in [4.78, 5) is 0. The molecule has 1 aliphatic rings. The minimum atomic E-state index is -1.25. The van der Waals surface area contributed by atoms with E-state index in [1.807, 2.05) is 0 Å². The van der Waals surface area contributed by atoms with Crippen LogP contribution in [0.3, 0.4) is 0 Å². The van der Waals surface area contributed by atoms with Crippen molar-refractivity contribution in [1.29, 1.82) is 0 Å². The summed E-state index contributed by atoms with van der Waals surface area (Å²) in [6, 6.07) is 4.63. The third-order valence-electron chi connectivity index (χ3n) is 5.54. The van der Waals surface area contributed by atoms with Crippen LogP contribution < -0.4 is 37.2 Å². The van der Waals surface area contributed by atoms with Crippen molar-refractivity contribution in [3.8, 4) is 0 Å². The second-order valence-corrected chi connectivity index (χ2v) is 14.7. The molecule has 0 radical (unpaired) electrons. The van der Waals surface area contributed by atoms with Crippen molar-refractivity contribution in [3.05, 3.63) is 57.8 Å². The van der Waals surface area contributed by atoms with Crippen LogP contribution in [0.4, 0.5) is 0 Å². The molecule has 25 heavy (non-hydrogen) atoms. The van der Waals surface area contributed by atoms with Crippen molar-refractivity contribution >= 4 is 8.07 Å². The third-order valence-corrected chi connectivity index (χ3v) is 9.05. The number of hydrogen-bond donors (Lipinski definition) is 0. The Morgan fingerprint density at radius 2 is 1.44 bits per heavy atom. The summed E-state index contributed by atoms with van der Waals surface area (Å²) >= 11 is 2.39. The van der Waals surface area contributed by atoms with E-state index in [4.69, 9.17) is 0 Å². The molecule has 0 amide bonds. The van der Waals surface area contributed by atoms with Crippen molar-refractivity contribution in [3.63, 3.8) is 0 Å². The average Bonchev–Trinajstić information content (AvgIpc) is 2.80. The fraction of sp³-hybridized carbons (Fsp3) is 0.500. The zero-order chi connectivity index (χ0) is 16.9. The normalized spacial score (nSPS) is 19.5. The largest absolute Gasteiger partial charge is 1.00 e. The molecule has 1 aromatic carbocycles. The smallest absolute Gasteiger partial charge is 1.00 e. The molecular weight excluding hydrogens is 423 g/mol. The van der Waals surface area contributed by atoms with E-state index in [0.29, 0.717) is 0 Å². The summed E-state index contributed by atoms with van der Waals surface area (Å²) in [7, 11) is -1.25. The standard InChI is InChI=1S/C20H29Si.3ClH.Ti/c1-14-9-12-19(16(3)15(14)2)20(4,5)17-10-11-18(13-17)21(6,7)8;;;;/h9-13H,1-8H3;3*1H;/q;;;;+3/p-3. The number of allylic oxidation sites excluding steroid dienone is 4. The number of benzene rings is 1. The Hall–Kier alpha value is 0.501. The SMILES string of the molecule is Cc1ccc(C(C)(C)[C]2([Ti+3])C=CC([Si](C)(C)C)=C2)c(C)c1C.[Cl-].[Cl-].[Cl-]. The quantitative estimate of drug-likeness (QED) is 0.429. The Morgan fingerprint density at radius 1 is 0.920 bits per heavy atom. The molecule has 0 N–H and O–H groups in total. The van der Waals surface area contributed by atoms with Crippen LogP contribution in [0.15, 0.2) is 35.6 Å². The summed E-state index contributed by atoms with van der Waals surface area (Å²) in [5, 5.41) is 1.59. The number of rotatable bonds is 3. The summed E-state index contributed by atoms with van der Waals surface area (Å²) < 4.78 is 0.0923. The first-order valence-electron chi connectivity index (χ1n) is 8.15. The van der Waals surface area contributed by atoms with E-state index < -0.39 is 8.07 Å². The van der Waals surface area contributed by atoms with Gasteiger partial charge in [-0.05, 0) is 0 Å². The van der Waals surface area contributed by atoms with Gasteiger partial charge in [0.1, 0.15) is 0 Å². The van der Waals surface area contributed by atoms with Crippen molar-refractivity contribution < 1.29 is 57.7 Å². The molecule has 0 saturated heterocycles. The molecule has 5 heteroatoms. The van der Waals surface area contributed by atoms with E-state index >= 15 is 0 Å². The van der Waals surface area contributed by atoms with Gasteiger partial charge in [-0.3, -0.25) is 0 Å². The maximum atomic E-state index is 2.55. The minimum absolute atomic E-state index is 0. The first kappa shape index (κ1) is 27.7. The van der Waals surface area contributed by atoms with Gasteiger partial charge in [-0.25, -0.2) is 0 Å². The van der Waals surface area contributed by atoms with Gasteiger partial charge in [-0.2, -0.15) is 0 Å². The Bertz CT molecular complexity index is 672. The van der Waals surface area contributed by atoms with E-state index in [0.717, 1.165) is 0 Å². The first-order valence-corrected chi connectivity index (χ1v) is 12.4. The molecule has 1 unspecified atom stereocenters. The predicted molar refractivity (Wildman–Crippen MR) is 96.9 cm³/mol. The van der Waals surface area contributed by atoms with Crippen LogP contribution in [0, 0.1) is 20.8 Å². The second-order valence-electron chi connectivity index (χ2n) is 8.36. The van der Waals surface area contributed by atoms with Crippen molar-refractivity contribution in [1.82, 2.24) is 0 Å². The Balaban J connectivity index is 0. The molecule has 0 spiro atoms. The molecule has 0 bridgehead atoms. The summed E-state index contributed by atoms with van der Waals surface area (Å²) in [5.74, 6) is 0. The van der Waals surface area contributed by atoms with Crippen LogP contribution >= 0.6 is 0 Å². The topological polar surface area (TPSA) is 0 Å². The fourth-order valence-corrected chi connectivity index (χ4v) is 5.33. The molecule has 0 fully saturated rings. The van der Waals surface area contributed by atoms with E-state index in [-0.39, 0.29) is 46.4 Å². The average molecular weight is 452 g/mol. The monoisotopic (exact) mass is 450 g/mol. The van der Waals surface area contributed by atoms with Gasteiger partial charge in [-0.1, -0.05) is 0 Å². The number of hydrogen-bond acceptors (Lipinski definition) is 0. The molecule has 0 heterocycles. The summed E-state index contributed by atoms with van der Waals surface area (Å²) in [5.41, 5.74) is 5.85. The van der Waals surface area contributed by atoms with Gasteiger partial charge in [0.15, 0.2) is 0 Å². The molecule has 0 aliphatic heterocycles. The third kappa shape index (κ3) is 5.06. The van der Waals surface area contributed by atoms with Crippen LogP contribution in [0.2, 0.25) is 23.4 Å². The van der Waals surface area contributed by atoms with Crippen LogP contribution in [-0.2, 0) is 25.9 Å². The van der Waals surface area contributed by atoms with Gasteiger partial charge < -0.3 is 37.2 Å². The fourth-order valence-electron chi connectivity index (χ4n) is 3.27. The zero-order valence-corrected chi connectivity index (χ0v) is 21.3. The molecule has 2 rings (SSSR count). The predicted octanol–water partition coefficient (Wildman–Crippen LogP) is -3.02. The van der Waals surface area contributed by atoms with Gasteiger partial charge in [-0.15, -0.1) is 0 Å². The molecule has 1 aliphatic carbocycles. The molecule has 1 aromatic rings. The van der Waals surface area contributed by atoms with Crippen LogP contribution in [0.25, 0.3) is 0 Å². The second kappa shape index (κ2) is 9.13. The van der Waals surface area contributed by atoms with Crippen molar-refractivity contribution in [2.45, 2.75) is 63.4 Å². The Kier molecular flexibility index (Phi) is 10.1. The Morgan fingerprint density at radius 3 is 1.88 bits per heavy atom. The summed E-state index contributed by atoms with van der Waals surface area (Å²) in [6.07, 6.45) is 7.38. The van der Waals surface area contributed by atoms with Gasteiger partial charge in [0.05, 0.1) is 0 Å². The van der Waals surface area contributed by atoms with Crippen LogP contribution in [0.5, 0.6) is 0 Å². The zero-order valence-electron chi connectivity index (χ0n) is 16.5. The number of aryl methyl sites for hydroxylation is 1. The van der Waals surface area contributed by atoms with Gasteiger partial charge >= 0.3 is 150 Å². The molecular formula is C20H29Cl3SiTi. The maximum Gasteiger partial charge on any atom is -1.00 e. The molecule has 0 saturated carbocycles. The summed E-state index contributed by atoms with van der Waals surface area (Å²) in [6.45, 7) is 18.8. The maximum absolute atomic E-state index is 2.55. The van der Waals surface area contributed by atoms with E-state index in [2.05, 4.69) is 105 Å². The molecule has 0 aromatic heterocycles. The number of halogens is 3.